The van der Waals surface area contributed by atoms with Crippen LogP contribution in [0.4, 0.5) is 0 Å². The van der Waals surface area contributed by atoms with Crippen molar-refractivity contribution in [3.05, 3.63) is 78.4 Å². The normalized spacial score (nSPS) is 20.5. The summed E-state index contributed by atoms with van der Waals surface area (Å²) in [5.74, 6) is 0.587. The van der Waals surface area contributed by atoms with Gasteiger partial charge in [0, 0.05) is 25.0 Å². The molecule has 0 aliphatic carbocycles. The molecule has 0 fully saturated rings. The molecule has 6 heteroatoms. The van der Waals surface area contributed by atoms with Crippen molar-refractivity contribution >= 4 is 11.9 Å². The third-order valence-electron chi connectivity index (χ3n) is 4.73. The van der Waals surface area contributed by atoms with E-state index in [2.05, 4.69) is 11.6 Å². The Balaban J connectivity index is 1.94. The summed E-state index contributed by atoms with van der Waals surface area (Å²) in [6.45, 7) is 4.32. The van der Waals surface area contributed by atoms with E-state index in [0.29, 0.717) is 24.7 Å². The van der Waals surface area contributed by atoms with Gasteiger partial charge in [0.25, 0.3) is 0 Å². The van der Waals surface area contributed by atoms with Crippen LogP contribution in [0.15, 0.2) is 72.2 Å². The van der Waals surface area contributed by atoms with Gasteiger partial charge in [-0.3, -0.25) is 0 Å². The van der Waals surface area contributed by atoms with E-state index in [1.165, 1.54) is 7.11 Å². The second kappa shape index (κ2) is 9.39. The van der Waals surface area contributed by atoms with E-state index in [-0.39, 0.29) is 13.0 Å². The molecule has 2 aromatic rings. The highest BCUT2D eigenvalue weighted by atomic mass is 16.5. The fourth-order valence-corrected chi connectivity index (χ4v) is 3.31. The number of hydrogen-bond donors (Lipinski definition) is 1. The molecule has 0 bridgehead atoms. The molecule has 0 saturated heterocycles. The van der Waals surface area contributed by atoms with Crippen LogP contribution in [-0.4, -0.2) is 42.8 Å². The highest BCUT2D eigenvalue weighted by molar-refractivity contribution is 5.99. The topological polar surface area (TPSA) is 77.4 Å². The zero-order chi connectivity index (χ0) is 20.7. The lowest BCUT2D eigenvalue weighted by molar-refractivity contribution is -0.149. The molecule has 0 aromatic heterocycles. The number of aliphatic hydroxyl groups is 1. The van der Waals surface area contributed by atoms with Gasteiger partial charge in [0.15, 0.2) is 6.10 Å². The summed E-state index contributed by atoms with van der Waals surface area (Å²) in [6.07, 6.45) is 1.88. The summed E-state index contributed by atoms with van der Waals surface area (Å²) in [6, 6.07) is 16.8. The van der Waals surface area contributed by atoms with E-state index in [0.717, 1.165) is 11.1 Å². The Labute approximate surface area is 170 Å². The standard InChI is InChI=1S/C23H25NO5/c1-3-14-23(22(26)27-2)20(17-8-5-4-6-9-17)29-21(24-23)18-10-12-19(13-11-18)28-16-7-15-25/h3-6,8-13,20,25H,1,7,14-16H2,2H3/t20-,23-/m1/s1. The van der Waals surface area contributed by atoms with Gasteiger partial charge < -0.3 is 19.3 Å². The maximum atomic E-state index is 12.8. The predicted molar refractivity (Wildman–Crippen MR) is 110 cm³/mol. The summed E-state index contributed by atoms with van der Waals surface area (Å²) in [5.41, 5.74) is 0.335. The molecule has 1 heterocycles. The molecular formula is C23H25NO5. The fourth-order valence-electron chi connectivity index (χ4n) is 3.31. The van der Waals surface area contributed by atoms with Gasteiger partial charge in [0.05, 0.1) is 13.7 Å². The maximum Gasteiger partial charge on any atom is 0.338 e. The van der Waals surface area contributed by atoms with Crippen LogP contribution >= 0.6 is 0 Å². The number of aliphatic hydroxyl groups excluding tert-OH is 1. The number of benzene rings is 2. The number of rotatable bonds is 9. The Bertz CT molecular complexity index is 863. The molecule has 1 aliphatic heterocycles. The Morgan fingerprint density at radius 1 is 1.24 bits per heavy atom. The third kappa shape index (κ3) is 4.32. The maximum absolute atomic E-state index is 12.8. The Morgan fingerprint density at radius 2 is 1.97 bits per heavy atom. The van der Waals surface area contributed by atoms with Gasteiger partial charge in [0.2, 0.25) is 11.4 Å². The molecule has 2 aromatic carbocycles. The van der Waals surface area contributed by atoms with Crippen molar-refractivity contribution < 1.29 is 24.1 Å². The molecule has 0 amide bonds. The second-order valence-corrected chi connectivity index (χ2v) is 6.68. The molecule has 3 rings (SSSR count). The Morgan fingerprint density at radius 3 is 2.59 bits per heavy atom. The van der Waals surface area contributed by atoms with E-state index in [4.69, 9.17) is 19.3 Å². The van der Waals surface area contributed by atoms with Crippen molar-refractivity contribution in [1.82, 2.24) is 0 Å². The van der Waals surface area contributed by atoms with Crippen molar-refractivity contribution in [2.45, 2.75) is 24.5 Å². The number of hydrogen-bond acceptors (Lipinski definition) is 6. The molecule has 2 atom stereocenters. The molecule has 152 valence electrons. The number of nitrogens with zero attached hydrogens (tertiary/aromatic N) is 1. The lowest BCUT2D eigenvalue weighted by Gasteiger charge is -2.28. The number of ether oxygens (including phenoxy) is 3. The molecule has 6 nitrogen and oxygen atoms in total. The van der Waals surface area contributed by atoms with Gasteiger partial charge in [-0.2, -0.15) is 0 Å². The van der Waals surface area contributed by atoms with Crippen LogP contribution in [0.1, 0.15) is 30.1 Å². The quantitative estimate of drug-likeness (QED) is 0.400. The number of esters is 1. The highest BCUT2D eigenvalue weighted by Crippen LogP contribution is 2.43. The van der Waals surface area contributed by atoms with Crippen molar-refractivity contribution in [2.24, 2.45) is 4.99 Å². The lowest BCUT2D eigenvalue weighted by Crippen LogP contribution is -2.41. The van der Waals surface area contributed by atoms with Crippen LogP contribution < -0.4 is 4.74 Å². The first-order valence-electron chi connectivity index (χ1n) is 9.49. The zero-order valence-corrected chi connectivity index (χ0v) is 16.4. The SMILES string of the molecule is C=CC[C@@]1(C(=O)OC)N=C(c2ccc(OCCCO)cc2)O[C@@H]1c1ccccc1. The first-order chi connectivity index (χ1) is 14.1. The van der Waals surface area contributed by atoms with Crippen molar-refractivity contribution in [1.29, 1.82) is 0 Å². The minimum atomic E-state index is -1.23. The average molecular weight is 395 g/mol. The average Bonchev–Trinajstić information content (AvgIpc) is 3.15. The largest absolute Gasteiger partial charge is 0.494 e. The van der Waals surface area contributed by atoms with E-state index in [9.17, 15) is 4.79 Å². The van der Waals surface area contributed by atoms with Crippen molar-refractivity contribution in [3.63, 3.8) is 0 Å². The van der Waals surface area contributed by atoms with Gasteiger partial charge in [-0.05, 0) is 29.8 Å². The molecule has 29 heavy (non-hydrogen) atoms. The van der Waals surface area contributed by atoms with Crippen molar-refractivity contribution in [3.8, 4) is 5.75 Å². The first-order valence-corrected chi connectivity index (χ1v) is 9.49. The van der Waals surface area contributed by atoms with Gasteiger partial charge in [0.1, 0.15) is 5.75 Å². The van der Waals surface area contributed by atoms with Gasteiger partial charge in [-0.15, -0.1) is 6.58 Å². The number of methoxy groups -OCH3 is 1. The van der Waals surface area contributed by atoms with Gasteiger partial charge >= 0.3 is 5.97 Å². The van der Waals surface area contributed by atoms with Crippen LogP contribution in [0, 0.1) is 0 Å². The van der Waals surface area contributed by atoms with Crippen LogP contribution in [-0.2, 0) is 14.3 Å². The molecule has 0 saturated carbocycles. The van der Waals surface area contributed by atoms with Gasteiger partial charge in [-0.1, -0.05) is 36.4 Å². The van der Waals surface area contributed by atoms with Gasteiger partial charge in [-0.25, -0.2) is 9.79 Å². The van der Waals surface area contributed by atoms with E-state index >= 15 is 0 Å². The van der Waals surface area contributed by atoms with E-state index in [1.54, 1.807) is 6.08 Å². The monoisotopic (exact) mass is 395 g/mol. The smallest absolute Gasteiger partial charge is 0.338 e. The minimum absolute atomic E-state index is 0.0858. The molecule has 0 spiro atoms. The van der Waals surface area contributed by atoms with Crippen molar-refractivity contribution in [2.75, 3.05) is 20.3 Å². The number of carbonyl (C=O) groups is 1. The lowest BCUT2D eigenvalue weighted by atomic mass is 9.85. The van der Waals surface area contributed by atoms with E-state index in [1.807, 2.05) is 54.6 Å². The molecular weight excluding hydrogens is 370 g/mol. The minimum Gasteiger partial charge on any atom is -0.494 e. The highest BCUT2D eigenvalue weighted by Gasteiger charge is 2.53. The van der Waals surface area contributed by atoms with Crippen LogP contribution in [0.25, 0.3) is 0 Å². The summed E-state index contributed by atoms with van der Waals surface area (Å²) in [4.78, 5) is 17.5. The second-order valence-electron chi connectivity index (χ2n) is 6.68. The molecule has 0 radical (unpaired) electrons. The summed E-state index contributed by atoms with van der Waals surface area (Å²) >= 11 is 0. The van der Waals surface area contributed by atoms with E-state index < -0.39 is 17.6 Å². The fraction of sp³-hybridized carbons (Fsp3) is 0.304. The number of aliphatic imine (C=N–C) groups is 1. The zero-order valence-electron chi connectivity index (χ0n) is 16.4. The molecule has 0 unspecified atom stereocenters. The Hall–Kier alpha value is -3.12. The van der Waals surface area contributed by atoms with Crippen LogP contribution in [0.3, 0.4) is 0 Å². The summed E-state index contributed by atoms with van der Waals surface area (Å²) < 4.78 is 16.8. The molecule has 1 N–H and O–H groups in total. The first kappa shape index (κ1) is 20.6. The summed E-state index contributed by atoms with van der Waals surface area (Å²) in [7, 11) is 1.35. The third-order valence-corrected chi connectivity index (χ3v) is 4.73. The van der Waals surface area contributed by atoms with Crippen LogP contribution in [0.2, 0.25) is 0 Å². The number of carbonyl (C=O) groups excluding carboxylic acids is 1. The summed E-state index contributed by atoms with van der Waals surface area (Å²) in [5, 5.41) is 8.85. The predicted octanol–water partition coefficient (Wildman–Crippen LogP) is 3.45. The van der Waals surface area contributed by atoms with Crippen LogP contribution in [0.5, 0.6) is 5.75 Å². The molecule has 1 aliphatic rings. The Kier molecular flexibility index (Phi) is 6.67.